The molecule has 1 unspecified atom stereocenters. The largest absolute Gasteiger partial charge is 0.478 e. The number of thioether (sulfide) groups is 1. The summed E-state index contributed by atoms with van der Waals surface area (Å²) >= 11 is 6.94. The van der Waals surface area contributed by atoms with Crippen LogP contribution in [-0.4, -0.2) is 39.5 Å². The molecular weight excluding hydrogens is 416 g/mol. The number of nitrogens with zero attached hydrogens (tertiary/aromatic N) is 3. The molecule has 29 heavy (non-hydrogen) atoms. The molecular formula is C19H15ClN4O4S. The highest BCUT2D eigenvalue weighted by molar-refractivity contribution is 8.14. The first-order chi connectivity index (χ1) is 13.9. The lowest BCUT2D eigenvalue weighted by Crippen LogP contribution is -2.32. The van der Waals surface area contributed by atoms with E-state index in [0.29, 0.717) is 10.6 Å². The molecule has 0 radical (unpaired) electrons. The molecule has 3 N–H and O–H groups in total. The van der Waals surface area contributed by atoms with Crippen LogP contribution in [0.2, 0.25) is 5.02 Å². The van der Waals surface area contributed by atoms with E-state index >= 15 is 0 Å². The van der Waals surface area contributed by atoms with Gasteiger partial charge in [-0.1, -0.05) is 47.6 Å². The second-order valence-electron chi connectivity index (χ2n) is 5.94. The summed E-state index contributed by atoms with van der Waals surface area (Å²) in [7, 11) is 0. The van der Waals surface area contributed by atoms with Gasteiger partial charge in [-0.3, -0.25) is 9.59 Å². The van der Waals surface area contributed by atoms with Crippen LogP contribution in [0.5, 0.6) is 0 Å². The van der Waals surface area contributed by atoms with Gasteiger partial charge in [0.1, 0.15) is 5.25 Å². The second-order valence-corrected chi connectivity index (χ2v) is 7.57. The molecule has 2 aromatic rings. The van der Waals surface area contributed by atoms with Gasteiger partial charge in [-0.2, -0.15) is 5.10 Å². The number of hydrogen-bond donors (Lipinski definition) is 2. The van der Waals surface area contributed by atoms with Crippen molar-refractivity contribution in [1.29, 1.82) is 0 Å². The highest BCUT2D eigenvalue weighted by atomic mass is 35.5. The van der Waals surface area contributed by atoms with E-state index < -0.39 is 23.0 Å². The van der Waals surface area contributed by atoms with E-state index in [1.165, 1.54) is 30.5 Å². The lowest BCUT2D eigenvalue weighted by Gasteiger charge is -2.15. The van der Waals surface area contributed by atoms with Crippen molar-refractivity contribution in [2.75, 3.05) is 4.90 Å². The van der Waals surface area contributed by atoms with E-state index in [9.17, 15) is 14.4 Å². The number of anilines is 1. The summed E-state index contributed by atoms with van der Waals surface area (Å²) in [5, 5.41) is 16.5. The Morgan fingerprint density at radius 3 is 2.72 bits per heavy atom. The van der Waals surface area contributed by atoms with Crippen molar-refractivity contribution >= 4 is 58.2 Å². The fourth-order valence-electron chi connectivity index (χ4n) is 2.64. The third-order valence-electron chi connectivity index (χ3n) is 3.98. The lowest BCUT2D eigenvalue weighted by atomic mass is 10.2. The Balaban J connectivity index is 1.70. The van der Waals surface area contributed by atoms with Gasteiger partial charge in [-0.15, -0.1) is 5.10 Å². The maximum absolute atomic E-state index is 12.6. The van der Waals surface area contributed by atoms with Gasteiger partial charge in [0.15, 0.2) is 5.17 Å². The zero-order valence-corrected chi connectivity index (χ0v) is 16.4. The Morgan fingerprint density at radius 2 is 2.00 bits per heavy atom. The number of imide groups is 1. The summed E-state index contributed by atoms with van der Waals surface area (Å²) in [6.07, 6.45) is 1.35. The van der Waals surface area contributed by atoms with Crippen LogP contribution in [0, 0.1) is 0 Å². The second kappa shape index (κ2) is 8.89. The smallest absolute Gasteiger partial charge is 0.335 e. The number of nitrogens with two attached hydrogens (primary N) is 1. The van der Waals surface area contributed by atoms with Gasteiger partial charge in [-0.05, 0) is 24.3 Å². The first-order valence-electron chi connectivity index (χ1n) is 8.34. The van der Waals surface area contributed by atoms with Gasteiger partial charge in [0.25, 0.3) is 0 Å². The normalized spacial score (nSPS) is 17.3. The van der Waals surface area contributed by atoms with Crippen molar-refractivity contribution in [3.8, 4) is 0 Å². The number of carbonyl (C=O) groups excluding carboxylic acids is 2. The van der Waals surface area contributed by atoms with Crippen LogP contribution in [-0.2, 0) is 9.59 Å². The van der Waals surface area contributed by atoms with Crippen LogP contribution < -0.4 is 10.6 Å². The predicted molar refractivity (Wildman–Crippen MR) is 113 cm³/mol. The van der Waals surface area contributed by atoms with Crippen LogP contribution in [0.3, 0.4) is 0 Å². The summed E-state index contributed by atoms with van der Waals surface area (Å²) in [6.45, 7) is 0. The molecule has 8 nitrogen and oxygen atoms in total. The molecule has 2 aromatic carbocycles. The molecule has 1 saturated heterocycles. The van der Waals surface area contributed by atoms with Crippen molar-refractivity contribution in [3.05, 3.63) is 64.7 Å². The molecule has 0 aliphatic carbocycles. The van der Waals surface area contributed by atoms with Crippen molar-refractivity contribution in [3.63, 3.8) is 0 Å². The topological polar surface area (TPSA) is 125 Å². The maximum atomic E-state index is 12.6. The fourth-order valence-corrected chi connectivity index (χ4v) is 3.64. The monoisotopic (exact) mass is 430 g/mol. The minimum atomic E-state index is -1.15. The van der Waals surface area contributed by atoms with Crippen LogP contribution in [0.15, 0.2) is 58.7 Å². The Bertz CT molecular complexity index is 1040. The van der Waals surface area contributed by atoms with Crippen molar-refractivity contribution < 1.29 is 19.5 Å². The van der Waals surface area contributed by atoms with Crippen molar-refractivity contribution in [1.82, 2.24) is 0 Å². The van der Waals surface area contributed by atoms with E-state index in [0.717, 1.165) is 16.7 Å². The minimum Gasteiger partial charge on any atom is -0.478 e. The average Bonchev–Trinajstić information content (AvgIpc) is 2.96. The molecule has 3 rings (SSSR count). The summed E-state index contributed by atoms with van der Waals surface area (Å²) < 4.78 is 0. The number of carboxylic acid groups (broad SMARTS) is 1. The van der Waals surface area contributed by atoms with E-state index in [2.05, 4.69) is 10.2 Å². The highest BCUT2D eigenvalue weighted by Gasteiger charge is 2.40. The molecule has 0 bridgehead atoms. The zero-order chi connectivity index (χ0) is 21.0. The highest BCUT2D eigenvalue weighted by Crippen LogP contribution is 2.30. The van der Waals surface area contributed by atoms with Crippen molar-refractivity contribution in [2.24, 2.45) is 15.9 Å². The number of amidine groups is 1. The number of carbonyl (C=O) groups is 3. The predicted octanol–water partition coefficient (Wildman–Crippen LogP) is 2.75. The molecule has 1 aliphatic heterocycles. The molecule has 1 atom stereocenters. The standard InChI is InChI=1S/C19H15ClN4O4S/c20-14-7-2-1-4-12(14)10-22-23-19(21)29-15-9-16(25)24(17(15)26)13-6-3-5-11(8-13)18(27)28/h1-8,10,15H,9H2,(H2,21,23)(H,27,28)/b22-10+. The summed E-state index contributed by atoms with van der Waals surface area (Å²) in [5.74, 6) is -2.08. The Hall–Kier alpha value is -3.17. The van der Waals surface area contributed by atoms with E-state index in [4.69, 9.17) is 22.4 Å². The van der Waals surface area contributed by atoms with Gasteiger partial charge in [-0.25, -0.2) is 9.69 Å². The minimum absolute atomic E-state index is 0.0144. The maximum Gasteiger partial charge on any atom is 0.335 e. The first-order valence-corrected chi connectivity index (χ1v) is 9.60. The van der Waals surface area contributed by atoms with E-state index in [-0.39, 0.29) is 22.8 Å². The van der Waals surface area contributed by atoms with Gasteiger partial charge in [0, 0.05) is 17.0 Å². The van der Waals surface area contributed by atoms with Gasteiger partial charge in [0.2, 0.25) is 11.8 Å². The Labute approximate surface area is 175 Å². The first kappa shape index (κ1) is 20.6. The molecule has 1 aliphatic rings. The molecule has 0 saturated carbocycles. The molecule has 0 spiro atoms. The third kappa shape index (κ3) is 4.82. The number of halogens is 1. The number of aromatic carboxylic acids is 1. The average molecular weight is 431 g/mol. The summed E-state index contributed by atoms with van der Waals surface area (Å²) in [6, 6.07) is 12.7. The van der Waals surface area contributed by atoms with Gasteiger partial charge < -0.3 is 10.8 Å². The number of carboxylic acids is 1. The molecule has 0 aromatic heterocycles. The number of amides is 2. The molecule has 2 amide bonds. The molecule has 1 fully saturated rings. The van der Waals surface area contributed by atoms with Crippen LogP contribution in [0.1, 0.15) is 22.3 Å². The fraction of sp³-hybridized carbons (Fsp3) is 0.105. The quantitative estimate of drug-likeness (QED) is 0.325. The Kier molecular flexibility index (Phi) is 6.30. The SMILES string of the molecule is NC(=N/N=C/c1ccccc1Cl)SC1CC(=O)N(c2cccc(C(=O)O)c2)C1=O. The third-order valence-corrected chi connectivity index (χ3v) is 5.30. The van der Waals surface area contributed by atoms with E-state index in [1.807, 2.05) is 0 Å². The molecule has 1 heterocycles. The lowest BCUT2D eigenvalue weighted by molar-refractivity contribution is -0.121. The van der Waals surface area contributed by atoms with Crippen LogP contribution in [0.25, 0.3) is 0 Å². The van der Waals surface area contributed by atoms with E-state index in [1.54, 1.807) is 24.3 Å². The summed E-state index contributed by atoms with van der Waals surface area (Å²) in [5.41, 5.74) is 6.66. The number of hydrogen-bond acceptors (Lipinski definition) is 6. The Morgan fingerprint density at radius 1 is 1.24 bits per heavy atom. The molecule has 148 valence electrons. The molecule has 10 heteroatoms. The summed E-state index contributed by atoms with van der Waals surface area (Å²) in [4.78, 5) is 37.0. The number of rotatable bonds is 5. The van der Waals surface area contributed by atoms with Gasteiger partial charge in [0.05, 0.1) is 17.5 Å². The van der Waals surface area contributed by atoms with Gasteiger partial charge >= 0.3 is 5.97 Å². The van der Waals surface area contributed by atoms with Crippen molar-refractivity contribution in [2.45, 2.75) is 11.7 Å². The number of benzene rings is 2. The zero-order valence-electron chi connectivity index (χ0n) is 14.9. The van der Waals surface area contributed by atoms with Crippen LogP contribution >= 0.6 is 23.4 Å². The van der Waals surface area contributed by atoms with Crippen LogP contribution in [0.4, 0.5) is 5.69 Å².